The number of nitrogens with one attached hydrogen (secondary N) is 2. The number of halogens is 2. The predicted octanol–water partition coefficient (Wildman–Crippen LogP) is 1.95. The Morgan fingerprint density at radius 3 is 2.25 bits per heavy atom. The summed E-state index contributed by atoms with van der Waals surface area (Å²) in [5.41, 5.74) is 0.0541. The van der Waals surface area contributed by atoms with Gasteiger partial charge in [-0.3, -0.25) is 9.59 Å². The highest BCUT2D eigenvalue weighted by Gasteiger charge is 2.12. The Balaban J connectivity index is 0. The summed E-state index contributed by atoms with van der Waals surface area (Å²) in [6.07, 6.45) is 1.07. The van der Waals surface area contributed by atoms with Crippen LogP contribution in [0.4, 0.5) is 0 Å². The second kappa shape index (κ2) is 10.9. The summed E-state index contributed by atoms with van der Waals surface area (Å²) in [5, 5.41) is 5.08. The molecular formula is C10H16ClIN2O2. The van der Waals surface area contributed by atoms with E-state index in [0.717, 1.165) is 6.08 Å². The molecule has 4 nitrogen and oxygen atoms in total. The average molecular weight is 359 g/mol. The fourth-order valence-corrected chi connectivity index (χ4v) is 0.856. The van der Waals surface area contributed by atoms with E-state index >= 15 is 0 Å². The van der Waals surface area contributed by atoms with Gasteiger partial charge in [0.2, 0.25) is 5.91 Å². The summed E-state index contributed by atoms with van der Waals surface area (Å²) in [6.45, 7) is 7.03. The minimum absolute atomic E-state index is 0.0541. The number of carbonyl (C=O) groups excluding carboxylic acids is 2. The van der Waals surface area contributed by atoms with Gasteiger partial charge in [-0.1, -0.05) is 40.8 Å². The summed E-state index contributed by atoms with van der Waals surface area (Å²) >= 11 is 7.80. The van der Waals surface area contributed by atoms with Gasteiger partial charge in [-0.25, -0.2) is 0 Å². The van der Waals surface area contributed by atoms with Crippen LogP contribution in [0.25, 0.3) is 0 Å². The first kappa shape index (κ1) is 17.8. The molecule has 0 spiro atoms. The van der Waals surface area contributed by atoms with Crippen LogP contribution >= 0.6 is 34.2 Å². The van der Waals surface area contributed by atoms with Crippen molar-refractivity contribution < 1.29 is 9.59 Å². The van der Waals surface area contributed by atoms with Crippen LogP contribution in [0.3, 0.4) is 0 Å². The number of likely N-dealkylation sites (N-methyl/N-ethyl adjacent to an activating group) is 1. The van der Waals surface area contributed by atoms with Crippen molar-refractivity contribution in [2.45, 2.75) is 13.8 Å². The second-order valence-electron chi connectivity index (χ2n) is 2.46. The van der Waals surface area contributed by atoms with Crippen molar-refractivity contribution in [3.8, 4) is 0 Å². The van der Waals surface area contributed by atoms with E-state index in [2.05, 4.69) is 39.8 Å². The molecule has 0 atom stereocenters. The second-order valence-corrected chi connectivity index (χ2v) is 3.03. The molecule has 0 radical (unpaired) electrons. The molecule has 0 aromatic rings. The summed E-state index contributed by atoms with van der Waals surface area (Å²) in [4.78, 5) is 24.2. The number of hydrogen-bond acceptors (Lipinski definition) is 2. The van der Waals surface area contributed by atoms with Crippen molar-refractivity contribution in [1.29, 1.82) is 0 Å². The number of allylic oxidation sites excluding steroid dienone is 1. The molecular weight excluding hydrogens is 342 g/mol. The van der Waals surface area contributed by atoms with Crippen LogP contribution in [-0.2, 0) is 9.59 Å². The molecule has 6 heteroatoms. The molecule has 0 heterocycles. The van der Waals surface area contributed by atoms with E-state index in [1.165, 1.54) is 6.92 Å². The largest absolute Gasteiger partial charge is 0.351 e. The van der Waals surface area contributed by atoms with Crippen LogP contribution in [-0.4, -0.2) is 23.3 Å². The third-order valence-electron chi connectivity index (χ3n) is 1.34. The van der Waals surface area contributed by atoms with E-state index in [1.54, 1.807) is 6.92 Å². The first-order chi connectivity index (χ1) is 7.52. The van der Waals surface area contributed by atoms with Crippen LogP contribution in [0.5, 0.6) is 0 Å². The van der Waals surface area contributed by atoms with E-state index in [9.17, 15) is 9.59 Å². The van der Waals surface area contributed by atoms with Crippen molar-refractivity contribution in [2.24, 2.45) is 0 Å². The normalized spacial score (nSPS) is 10.3. The van der Waals surface area contributed by atoms with Crippen LogP contribution in [0.15, 0.2) is 23.4 Å². The zero-order valence-corrected chi connectivity index (χ0v) is 12.5. The quantitative estimate of drug-likeness (QED) is 0.458. The van der Waals surface area contributed by atoms with Gasteiger partial charge in [0.15, 0.2) is 0 Å². The molecule has 0 aromatic carbocycles. The monoisotopic (exact) mass is 358 g/mol. The Bertz CT molecular complexity index is 287. The molecule has 92 valence electrons. The van der Waals surface area contributed by atoms with Crippen molar-refractivity contribution in [2.75, 3.05) is 11.5 Å². The van der Waals surface area contributed by atoms with Crippen LogP contribution < -0.4 is 10.6 Å². The molecule has 0 aliphatic carbocycles. The van der Waals surface area contributed by atoms with E-state index < -0.39 is 11.8 Å². The molecule has 0 saturated heterocycles. The van der Waals surface area contributed by atoms with Crippen molar-refractivity contribution in [1.82, 2.24) is 10.6 Å². The average Bonchev–Trinajstić information content (AvgIpc) is 2.28. The highest BCUT2D eigenvalue weighted by atomic mass is 127. The zero-order chi connectivity index (χ0) is 13.1. The standard InChI is InChI=1S/C9H13ClN2O2.CH3I/c1-4-7(13)12-8(6(3)10)9(14)11-5-2;1-2/h4H,1,5H2,2-3H3,(H,11,14)(H,12,13);1H3/b8-6+;. The van der Waals surface area contributed by atoms with Crippen LogP contribution in [0, 0.1) is 0 Å². The van der Waals surface area contributed by atoms with Gasteiger partial charge in [-0.05, 0) is 24.9 Å². The summed E-state index contributed by atoms with van der Waals surface area (Å²) in [5.74, 6) is -0.874. The highest BCUT2D eigenvalue weighted by molar-refractivity contribution is 14.1. The van der Waals surface area contributed by atoms with Gasteiger partial charge in [0.25, 0.3) is 5.91 Å². The Morgan fingerprint density at radius 1 is 1.44 bits per heavy atom. The Labute approximate surface area is 115 Å². The molecule has 2 N–H and O–H groups in total. The van der Waals surface area contributed by atoms with Gasteiger partial charge in [-0.15, -0.1) is 0 Å². The summed E-state index contributed by atoms with van der Waals surface area (Å²) < 4.78 is 0. The smallest absolute Gasteiger partial charge is 0.268 e. The Hall–Kier alpha value is -0.560. The zero-order valence-electron chi connectivity index (χ0n) is 9.56. The maximum absolute atomic E-state index is 11.3. The van der Waals surface area contributed by atoms with E-state index in [0.29, 0.717) is 6.54 Å². The van der Waals surface area contributed by atoms with E-state index in [4.69, 9.17) is 11.6 Å². The maximum Gasteiger partial charge on any atom is 0.268 e. The molecule has 2 amide bonds. The van der Waals surface area contributed by atoms with Gasteiger partial charge in [0.1, 0.15) is 5.70 Å². The topological polar surface area (TPSA) is 58.2 Å². The van der Waals surface area contributed by atoms with Gasteiger partial charge >= 0.3 is 0 Å². The summed E-state index contributed by atoms with van der Waals surface area (Å²) in [6, 6.07) is 0. The molecule has 0 saturated carbocycles. The first-order valence-electron chi connectivity index (χ1n) is 4.48. The lowest BCUT2D eigenvalue weighted by atomic mass is 10.3. The first-order valence-corrected chi connectivity index (χ1v) is 7.02. The number of hydrogen-bond donors (Lipinski definition) is 2. The molecule has 0 unspecified atom stereocenters. The van der Waals surface area contributed by atoms with Gasteiger partial charge in [0, 0.05) is 11.6 Å². The number of alkyl halides is 1. The minimum atomic E-state index is -0.466. The molecule has 16 heavy (non-hydrogen) atoms. The minimum Gasteiger partial charge on any atom is -0.351 e. The Kier molecular flexibility index (Phi) is 12.2. The fraction of sp³-hybridized carbons (Fsp3) is 0.400. The molecule has 0 fully saturated rings. The third-order valence-corrected chi connectivity index (χ3v) is 1.53. The lowest BCUT2D eigenvalue weighted by molar-refractivity contribution is -0.121. The van der Waals surface area contributed by atoms with Gasteiger partial charge in [-0.2, -0.15) is 0 Å². The molecule has 0 aromatic heterocycles. The SMILES string of the molecule is C=CC(=O)N/C(C(=O)NCC)=C(\C)Cl.CI. The number of rotatable bonds is 4. The maximum atomic E-state index is 11.3. The van der Waals surface area contributed by atoms with Crippen LogP contribution in [0.1, 0.15) is 13.8 Å². The highest BCUT2D eigenvalue weighted by Crippen LogP contribution is 2.05. The summed E-state index contributed by atoms with van der Waals surface area (Å²) in [7, 11) is 0. The Morgan fingerprint density at radius 2 is 1.94 bits per heavy atom. The van der Waals surface area contributed by atoms with E-state index in [-0.39, 0.29) is 10.7 Å². The van der Waals surface area contributed by atoms with E-state index in [1.807, 2.05) is 4.93 Å². The lowest BCUT2D eigenvalue weighted by Crippen LogP contribution is -2.34. The van der Waals surface area contributed by atoms with Gasteiger partial charge < -0.3 is 10.6 Å². The number of amides is 2. The van der Waals surface area contributed by atoms with Crippen molar-refractivity contribution in [3.05, 3.63) is 23.4 Å². The van der Waals surface area contributed by atoms with Gasteiger partial charge in [0.05, 0.1) is 0 Å². The molecule has 0 bridgehead atoms. The van der Waals surface area contributed by atoms with Crippen molar-refractivity contribution >= 4 is 46.0 Å². The number of carbonyl (C=O) groups is 2. The molecule has 0 aliphatic rings. The fourth-order valence-electron chi connectivity index (χ4n) is 0.723. The molecule has 0 aliphatic heterocycles. The third kappa shape index (κ3) is 7.70. The van der Waals surface area contributed by atoms with Crippen LogP contribution in [0.2, 0.25) is 0 Å². The lowest BCUT2D eigenvalue weighted by Gasteiger charge is -2.08. The molecule has 0 rings (SSSR count). The van der Waals surface area contributed by atoms with Crippen molar-refractivity contribution in [3.63, 3.8) is 0 Å². The predicted molar refractivity (Wildman–Crippen MR) is 75.5 cm³/mol.